The summed E-state index contributed by atoms with van der Waals surface area (Å²) in [5.74, 6) is -1.90. The maximum atomic E-state index is 12.2. The summed E-state index contributed by atoms with van der Waals surface area (Å²) in [6, 6.07) is 7.37. The minimum absolute atomic E-state index is 0.427. The number of nitrogens with one attached hydrogen (secondary N) is 1. The van der Waals surface area contributed by atoms with Gasteiger partial charge in [0.25, 0.3) is 5.91 Å². The van der Waals surface area contributed by atoms with E-state index in [9.17, 15) is 14.4 Å². The van der Waals surface area contributed by atoms with E-state index in [1.54, 1.807) is 12.1 Å². The lowest BCUT2D eigenvalue weighted by atomic mass is 9.91. The smallest absolute Gasteiger partial charge is 0.325 e. The van der Waals surface area contributed by atoms with E-state index >= 15 is 0 Å². The minimum Gasteiger partial charge on any atom is -0.480 e. The predicted octanol–water partition coefficient (Wildman–Crippen LogP) is 0.410. The Kier molecular flexibility index (Phi) is 3.16. The molecule has 0 spiro atoms. The van der Waals surface area contributed by atoms with Crippen LogP contribution >= 0.6 is 0 Å². The fourth-order valence-corrected chi connectivity index (χ4v) is 2.05. The van der Waals surface area contributed by atoms with E-state index in [4.69, 9.17) is 10.4 Å². The van der Waals surface area contributed by atoms with Crippen LogP contribution in [0.5, 0.6) is 0 Å². The van der Waals surface area contributed by atoms with Crippen molar-refractivity contribution in [2.24, 2.45) is 0 Å². The van der Waals surface area contributed by atoms with Crippen LogP contribution in [-0.4, -0.2) is 34.5 Å². The lowest BCUT2D eigenvalue weighted by Crippen LogP contribution is -2.41. The van der Waals surface area contributed by atoms with Crippen molar-refractivity contribution in [3.63, 3.8) is 0 Å². The fraction of sp³-hybridized carbons (Fsp3) is 0.231. The molecule has 1 aliphatic rings. The van der Waals surface area contributed by atoms with Gasteiger partial charge in [0.1, 0.15) is 12.1 Å². The lowest BCUT2D eigenvalue weighted by molar-refractivity contribution is -0.142. The predicted molar refractivity (Wildman–Crippen MR) is 66.4 cm³/mol. The number of hydrogen-bond acceptors (Lipinski definition) is 4. The number of nitrogens with zero attached hydrogens (tertiary/aromatic N) is 2. The van der Waals surface area contributed by atoms with E-state index in [0.29, 0.717) is 16.0 Å². The zero-order valence-corrected chi connectivity index (χ0v) is 10.6. The van der Waals surface area contributed by atoms with Gasteiger partial charge in [-0.15, -0.1) is 0 Å². The van der Waals surface area contributed by atoms with Crippen molar-refractivity contribution in [2.75, 3.05) is 6.54 Å². The molecule has 1 atom stereocenters. The molecule has 7 heteroatoms. The summed E-state index contributed by atoms with van der Waals surface area (Å²) in [7, 11) is 0. The number of aliphatic carboxylic acids is 1. The maximum absolute atomic E-state index is 12.2. The molecule has 2 rings (SSSR count). The van der Waals surface area contributed by atoms with Gasteiger partial charge in [-0.1, -0.05) is 12.1 Å². The molecule has 2 N–H and O–H groups in total. The van der Waals surface area contributed by atoms with Gasteiger partial charge in [0, 0.05) is 0 Å². The molecular formula is C13H11N3O4. The number of carboxylic acids is 1. The van der Waals surface area contributed by atoms with Crippen LogP contribution in [0.2, 0.25) is 0 Å². The van der Waals surface area contributed by atoms with Gasteiger partial charge >= 0.3 is 12.0 Å². The summed E-state index contributed by atoms with van der Waals surface area (Å²) < 4.78 is 0. The highest BCUT2D eigenvalue weighted by Crippen LogP contribution is 2.28. The Hall–Kier alpha value is -2.88. The molecule has 0 aromatic heterocycles. The number of urea groups is 1. The standard InChI is InChI=1S/C13H11N3O4/c1-13(9-4-2-8(6-14)3-5-9)11(19)16(7-10(17)18)12(20)15-13/h2-5H,7H2,1H3,(H,15,20)(H,17,18)/t13-/m1/s1. The maximum Gasteiger partial charge on any atom is 0.325 e. The molecule has 0 saturated carbocycles. The zero-order chi connectivity index (χ0) is 14.9. The topological polar surface area (TPSA) is 110 Å². The number of imide groups is 1. The van der Waals surface area contributed by atoms with E-state index < -0.39 is 30.0 Å². The number of carboxylic acid groups (broad SMARTS) is 1. The van der Waals surface area contributed by atoms with Gasteiger partial charge < -0.3 is 10.4 Å². The molecule has 1 heterocycles. The number of hydrogen-bond donors (Lipinski definition) is 2. The molecule has 1 saturated heterocycles. The molecule has 0 radical (unpaired) electrons. The van der Waals surface area contributed by atoms with E-state index in [0.717, 1.165) is 0 Å². The van der Waals surface area contributed by atoms with Crippen molar-refractivity contribution in [3.05, 3.63) is 35.4 Å². The highest BCUT2D eigenvalue weighted by atomic mass is 16.4. The Labute approximate surface area is 114 Å². The summed E-state index contributed by atoms with van der Waals surface area (Å²) >= 11 is 0. The third kappa shape index (κ3) is 2.07. The molecule has 1 aromatic rings. The molecule has 0 aliphatic carbocycles. The average molecular weight is 273 g/mol. The number of carbonyl (C=O) groups excluding carboxylic acids is 2. The van der Waals surface area contributed by atoms with E-state index in [2.05, 4.69) is 5.32 Å². The molecular weight excluding hydrogens is 262 g/mol. The highest BCUT2D eigenvalue weighted by molar-refractivity contribution is 6.08. The van der Waals surface area contributed by atoms with Gasteiger partial charge in [0.2, 0.25) is 0 Å². The first-order chi connectivity index (χ1) is 9.38. The van der Waals surface area contributed by atoms with Gasteiger partial charge in [0.15, 0.2) is 0 Å². The van der Waals surface area contributed by atoms with Crippen molar-refractivity contribution < 1.29 is 19.5 Å². The van der Waals surface area contributed by atoms with Gasteiger partial charge in [-0.25, -0.2) is 4.79 Å². The Morgan fingerprint density at radius 1 is 1.40 bits per heavy atom. The second-order valence-electron chi connectivity index (χ2n) is 4.53. The van der Waals surface area contributed by atoms with Gasteiger partial charge in [-0.05, 0) is 24.6 Å². The Bertz CT molecular complexity index is 632. The number of rotatable bonds is 3. The summed E-state index contributed by atoms with van der Waals surface area (Å²) in [6.45, 7) is 0.813. The number of carbonyl (C=O) groups is 3. The number of amides is 3. The summed E-state index contributed by atoms with van der Waals surface area (Å²) in [5.41, 5.74) is -0.403. The second-order valence-corrected chi connectivity index (χ2v) is 4.53. The van der Waals surface area contributed by atoms with Crippen molar-refractivity contribution in [3.8, 4) is 6.07 Å². The van der Waals surface area contributed by atoms with Crippen molar-refractivity contribution in [2.45, 2.75) is 12.5 Å². The summed E-state index contributed by atoms with van der Waals surface area (Å²) in [4.78, 5) is 35.3. The molecule has 1 fully saturated rings. The molecule has 1 aliphatic heterocycles. The van der Waals surface area contributed by atoms with Crippen LogP contribution in [0, 0.1) is 11.3 Å². The van der Waals surface area contributed by atoms with Crippen LogP contribution in [0.3, 0.4) is 0 Å². The van der Waals surface area contributed by atoms with Crippen LogP contribution in [0.25, 0.3) is 0 Å². The SMILES string of the molecule is C[C@]1(c2ccc(C#N)cc2)NC(=O)N(CC(=O)O)C1=O. The first kappa shape index (κ1) is 13.5. The first-order valence-corrected chi connectivity index (χ1v) is 5.75. The molecule has 102 valence electrons. The third-order valence-corrected chi connectivity index (χ3v) is 3.16. The molecule has 20 heavy (non-hydrogen) atoms. The van der Waals surface area contributed by atoms with Crippen molar-refractivity contribution >= 4 is 17.9 Å². The Morgan fingerprint density at radius 3 is 2.50 bits per heavy atom. The largest absolute Gasteiger partial charge is 0.480 e. The van der Waals surface area contributed by atoms with E-state index in [1.807, 2.05) is 6.07 Å². The van der Waals surface area contributed by atoms with Gasteiger partial charge in [0.05, 0.1) is 11.6 Å². The summed E-state index contributed by atoms with van der Waals surface area (Å²) in [6.07, 6.45) is 0. The van der Waals surface area contributed by atoms with Gasteiger partial charge in [-0.2, -0.15) is 5.26 Å². The number of benzene rings is 1. The normalized spacial score (nSPS) is 21.5. The average Bonchev–Trinajstić information content (AvgIpc) is 2.63. The fourth-order valence-electron chi connectivity index (χ4n) is 2.05. The van der Waals surface area contributed by atoms with Crippen LogP contribution in [0.4, 0.5) is 4.79 Å². The monoisotopic (exact) mass is 273 g/mol. The lowest BCUT2D eigenvalue weighted by Gasteiger charge is -2.21. The Balaban J connectivity index is 2.35. The Morgan fingerprint density at radius 2 is 2.00 bits per heavy atom. The van der Waals surface area contributed by atoms with E-state index in [-0.39, 0.29) is 0 Å². The molecule has 0 unspecified atom stereocenters. The molecule has 1 aromatic carbocycles. The van der Waals surface area contributed by atoms with Crippen LogP contribution in [0.15, 0.2) is 24.3 Å². The minimum atomic E-state index is -1.32. The van der Waals surface area contributed by atoms with Crippen LogP contribution in [-0.2, 0) is 15.1 Å². The second kappa shape index (κ2) is 4.66. The van der Waals surface area contributed by atoms with Crippen LogP contribution < -0.4 is 5.32 Å². The highest BCUT2D eigenvalue weighted by Gasteiger charge is 2.49. The third-order valence-electron chi connectivity index (χ3n) is 3.16. The summed E-state index contributed by atoms with van der Waals surface area (Å²) in [5, 5.41) is 19.9. The van der Waals surface area contributed by atoms with Crippen LogP contribution in [0.1, 0.15) is 18.1 Å². The molecule has 0 bridgehead atoms. The van der Waals surface area contributed by atoms with E-state index in [1.165, 1.54) is 19.1 Å². The molecule has 3 amide bonds. The van der Waals surface area contributed by atoms with Crippen molar-refractivity contribution in [1.29, 1.82) is 5.26 Å². The zero-order valence-electron chi connectivity index (χ0n) is 10.6. The van der Waals surface area contributed by atoms with Crippen molar-refractivity contribution in [1.82, 2.24) is 10.2 Å². The van der Waals surface area contributed by atoms with Gasteiger partial charge in [-0.3, -0.25) is 14.5 Å². The first-order valence-electron chi connectivity index (χ1n) is 5.75. The quantitative estimate of drug-likeness (QED) is 0.775. The number of nitriles is 1. The molecule has 7 nitrogen and oxygen atoms in total.